The van der Waals surface area contributed by atoms with E-state index in [2.05, 4.69) is 54.6 Å². The standard InChI is InChI=1S/C16H25N3O/c1-5-7-11(3)19(4)12-8-9-13-14(10-12)18-16(20)15(13)17-6-2/h8-11,15,17H,5-7H2,1-4H3,(H,18,20). The van der Waals surface area contributed by atoms with Crippen molar-refractivity contribution in [2.75, 3.05) is 23.8 Å². The average Bonchev–Trinajstić information content (AvgIpc) is 2.74. The zero-order valence-corrected chi connectivity index (χ0v) is 12.9. The first-order chi connectivity index (χ1) is 9.58. The van der Waals surface area contributed by atoms with Gasteiger partial charge in [0.15, 0.2) is 0 Å². The Balaban J connectivity index is 2.21. The average molecular weight is 275 g/mol. The lowest BCUT2D eigenvalue weighted by molar-refractivity contribution is -0.117. The fraction of sp³-hybridized carbons (Fsp3) is 0.562. The van der Waals surface area contributed by atoms with Crippen molar-refractivity contribution in [1.82, 2.24) is 5.32 Å². The van der Waals surface area contributed by atoms with Crippen LogP contribution in [0.25, 0.3) is 0 Å². The number of amides is 1. The van der Waals surface area contributed by atoms with Crippen LogP contribution in [-0.2, 0) is 4.79 Å². The highest BCUT2D eigenvalue weighted by Crippen LogP contribution is 2.34. The molecule has 1 aliphatic heterocycles. The van der Waals surface area contributed by atoms with Crippen molar-refractivity contribution in [2.24, 2.45) is 0 Å². The number of anilines is 2. The molecule has 2 rings (SSSR count). The largest absolute Gasteiger partial charge is 0.372 e. The van der Waals surface area contributed by atoms with E-state index in [0.29, 0.717) is 6.04 Å². The van der Waals surface area contributed by atoms with Crippen molar-refractivity contribution < 1.29 is 4.79 Å². The molecule has 4 heteroatoms. The van der Waals surface area contributed by atoms with Gasteiger partial charge in [-0.05, 0) is 32.0 Å². The SMILES string of the molecule is CCCC(C)N(C)c1ccc2c(c1)NC(=O)C2NCC. The van der Waals surface area contributed by atoms with Crippen molar-refractivity contribution in [3.8, 4) is 0 Å². The van der Waals surface area contributed by atoms with Crippen LogP contribution >= 0.6 is 0 Å². The smallest absolute Gasteiger partial charge is 0.246 e. The first-order valence-electron chi connectivity index (χ1n) is 7.49. The molecular formula is C16H25N3O. The minimum Gasteiger partial charge on any atom is -0.372 e. The predicted molar refractivity (Wildman–Crippen MR) is 84.3 cm³/mol. The summed E-state index contributed by atoms with van der Waals surface area (Å²) in [5.74, 6) is 0.0447. The van der Waals surface area contributed by atoms with E-state index in [0.717, 1.165) is 23.5 Å². The van der Waals surface area contributed by atoms with Gasteiger partial charge in [-0.2, -0.15) is 0 Å². The van der Waals surface area contributed by atoms with Crippen LogP contribution in [0.1, 0.15) is 45.2 Å². The molecule has 2 unspecified atom stereocenters. The van der Waals surface area contributed by atoms with Crippen LogP contribution in [-0.4, -0.2) is 25.5 Å². The van der Waals surface area contributed by atoms with Crippen LogP contribution in [0.3, 0.4) is 0 Å². The number of hydrogen-bond donors (Lipinski definition) is 2. The number of nitrogens with one attached hydrogen (secondary N) is 2. The monoisotopic (exact) mass is 275 g/mol. The fourth-order valence-corrected chi connectivity index (χ4v) is 2.74. The van der Waals surface area contributed by atoms with Crippen molar-refractivity contribution in [3.63, 3.8) is 0 Å². The molecule has 1 heterocycles. The Hall–Kier alpha value is -1.55. The third-order valence-electron chi connectivity index (χ3n) is 4.05. The number of carbonyl (C=O) groups excluding carboxylic acids is 1. The second-order valence-electron chi connectivity index (χ2n) is 5.50. The lowest BCUT2D eigenvalue weighted by Gasteiger charge is -2.27. The molecule has 4 nitrogen and oxygen atoms in total. The molecule has 0 saturated carbocycles. The van der Waals surface area contributed by atoms with Gasteiger partial charge >= 0.3 is 0 Å². The highest BCUT2D eigenvalue weighted by atomic mass is 16.2. The summed E-state index contributed by atoms with van der Waals surface area (Å²) < 4.78 is 0. The normalized spacial score (nSPS) is 18.6. The molecule has 20 heavy (non-hydrogen) atoms. The summed E-state index contributed by atoms with van der Waals surface area (Å²) in [6, 6.07) is 6.54. The van der Waals surface area contributed by atoms with Crippen LogP contribution in [0, 0.1) is 0 Å². The number of rotatable bonds is 6. The van der Waals surface area contributed by atoms with Crippen LogP contribution in [0.2, 0.25) is 0 Å². The molecule has 0 saturated heterocycles. The van der Waals surface area contributed by atoms with E-state index in [1.165, 1.54) is 12.8 Å². The Morgan fingerprint density at radius 1 is 1.40 bits per heavy atom. The maximum absolute atomic E-state index is 12.0. The third-order valence-corrected chi connectivity index (χ3v) is 4.05. The number of hydrogen-bond acceptors (Lipinski definition) is 3. The van der Waals surface area contributed by atoms with E-state index in [1.54, 1.807) is 0 Å². The van der Waals surface area contributed by atoms with Gasteiger partial charge in [-0.3, -0.25) is 4.79 Å². The molecule has 2 N–H and O–H groups in total. The minimum absolute atomic E-state index is 0.0447. The summed E-state index contributed by atoms with van der Waals surface area (Å²) in [5.41, 5.74) is 3.15. The molecule has 0 aliphatic carbocycles. The van der Waals surface area contributed by atoms with E-state index in [-0.39, 0.29) is 11.9 Å². The second-order valence-corrected chi connectivity index (χ2v) is 5.50. The maximum Gasteiger partial charge on any atom is 0.246 e. The fourth-order valence-electron chi connectivity index (χ4n) is 2.74. The summed E-state index contributed by atoms with van der Waals surface area (Å²) in [4.78, 5) is 14.2. The van der Waals surface area contributed by atoms with Gasteiger partial charge in [0.2, 0.25) is 5.91 Å². The molecule has 1 aromatic rings. The van der Waals surface area contributed by atoms with E-state index in [1.807, 2.05) is 6.92 Å². The molecule has 0 spiro atoms. The molecule has 0 bridgehead atoms. The summed E-state index contributed by atoms with van der Waals surface area (Å²) >= 11 is 0. The molecule has 0 aromatic heterocycles. The zero-order valence-electron chi connectivity index (χ0n) is 12.9. The van der Waals surface area contributed by atoms with Gasteiger partial charge in [0.25, 0.3) is 0 Å². The quantitative estimate of drug-likeness (QED) is 0.839. The van der Waals surface area contributed by atoms with Gasteiger partial charge < -0.3 is 15.5 Å². The van der Waals surface area contributed by atoms with Gasteiger partial charge in [0, 0.05) is 30.0 Å². The predicted octanol–water partition coefficient (Wildman–Crippen LogP) is 2.91. The van der Waals surface area contributed by atoms with E-state index >= 15 is 0 Å². The molecule has 0 fully saturated rings. The maximum atomic E-state index is 12.0. The molecular weight excluding hydrogens is 250 g/mol. The highest BCUT2D eigenvalue weighted by Gasteiger charge is 2.30. The van der Waals surface area contributed by atoms with Crippen LogP contribution in [0.5, 0.6) is 0 Å². The summed E-state index contributed by atoms with van der Waals surface area (Å²) in [7, 11) is 2.11. The minimum atomic E-state index is -0.206. The van der Waals surface area contributed by atoms with Crippen LogP contribution in [0.4, 0.5) is 11.4 Å². The molecule has 110 valence electrons. The van der Waals surface area contributed by atoms with Crippen molar-refractivity contribution in [3.05, 3.63) is 23.8 Å². The Kier molecular flexibility index (Phi) is 4.65. The van der Waals surface area contributed by atoms with E-state index in [4.69, 9.17) is 0 Å². The Morgan fingerprint density at radius 2 is 2.15 bits per heavy atom. The van der Waals surface area contributed by atoms with Crippen LogP contribution < -0.4 is 15.5 Å². The first-order valence-corrected chi connectivity index (χ1v) is 7.49. The van der Waals surface area contributed by atoms with Crippen molar-refractivity contribution >= 4 is 17.3 Å². The zero-order chi connectivity index (χ0) is 14.7. The van der Waals surface area contributed by atoms with Gasteiger partial charge in [-0.1, -0.05) is 26.3 Å². The number of likely N-dealkylation sites (N-methyl/N-ethyl adjacent to an activating group) is 1. The van der Waals surface area contributed by atoms with Gasteiger partial charge in [0.05, 0.1) is 0 Å². The summed E-state index contributed by atoms with van der Waals surface area (Å²) in [6.07, 6.45) is 2.34. The van der Waals surface area contributed by atoms with E-state index in [9.17, 15) is 4.79 Å². The lowest BCUT2D eigenvalue weighted by Crippen LogP contribution is -2.28. The van der Waals surface area contributed by atoms with E-state index < -0.39 is 0 Å². The third kappa shape index (κ3) is 2.80. The molecule has 1 aliphatic rings. The summed E-state index contributed by atoms with van der Waals surface area (Å²) in [5, 5.41) is 6.19. The lowest BCUT2D eigenvalue weighted by atomic mass is 10.1. The number of nitrogens with zero attached hydrogens (tertiary/aromatic N) is 1. The number of fused-ring (bicyclic) bond motifs is 1. The molecule has 1 aromatic carbocycles. The van der Waals surface area contributed by atoms with Gasteiger partial charge in [-0.15, -0.1) is 0 Å². The topological polar surface area (TPSA) is 44.4 Å². The van der Waals surface area contributed by atoms with Gasteiger partial charge in [0.1, 0.15) is 6.04 Å². The van der Waals surface area contributed by atoms with Crippen LogP contribution in [0.15, 0.2) is 18.2 Å². The Bertz CT molecular complexity index is 487. The van der Waals surface area contributed by atoms with Crippen molar-refractivity contribution in [2.45, 2.75) is 45.7 Å². The number of benzene rings is 1. The first kappa shape index (κ1) is 14.9. The Morgan fingerprint density at radius 3 is 2.80 bits per heavy atom. The molecule has 2 atom stereocenters. The summed E-state index contributed by atoms with van der Waals surface area (Å²) in [6.45, 7) is 7.23. The second kappa shape index (κ2) is 6.27. The Labute approximate surface area is 121 Å². The van der Waals surface area contributed by atoms with Gasteiger partial charge in [-0.25, -0.2) is 0 Å². The molecule has 0 radical (unpaired) electrons. The van der Waals surface area contributed by atoms with Crippen molar-refractivity contribution in [1.29, 1.82) is 0 Å². The highest BCUT2D eigenvalue weighted by molar-refractivity contribution is 6.03. The number of carbonyl (C=O) groups is 1. The molecule has 1 amide bonds.